The number of ether oxygens (including phenoxy) is 2. The number of nitrogens with zero attached hydrogens (tertiary/aromatic N) is 2. The van der Waals surface area contributed by atoms with E-state index in [1.807, 2.05) is 23.2 Å². The Kier molecular flexibility index (Phi) is 4.00. The molecular weight excluding hydrogens is 364 g/mol. The summed E-state index contributed by atoms with van der Waals surface area (Å²) in [6.07, 6.45) is 3.58. The van der Waals surface area contributed by atoms with Crippen molar-refractivity contribution >= 4 is 12.0 Å². The van der Waals surface area contributed by atoms with Gasteiger partial charge in [-0.1, -0.05) is 30.3 Å². The van der Waals surface area contributed by atoms with Gasteiger partial charge in [0.25, 0.3) is 0 Å². The van der Waals surface area contributed by atoms with Gasteiger partial charge in [0.15, 0.2) is 11.5 Å². The van der Waals surface area contributed by atoms with Gasteiger partial charge in [-0.25, -0.2) is 5.01 Å². The van der Waals surface area contributed by atoms with Crippen molar-refractivity contribution < 1.29 is 14.3 Å². The minimum absolute atomic E-state index is 0.126. The number of amides is 1. The fourth-order valence-corrected chi connectivity index (χ4v) is 5.25. The molecule has 2 saturated heterocycles. The fourth-order valence-electron chi connectivity index (χ4n) is 5.25. The minimum Gasteiger partial charge on any atom is -0.493 e. The first-order valence-electron chi connectivity index (χ1n) is 10.1. The van der Waals surface area contributed by atoms with Crippen LogP contribution < -0.4 is 9.47 Å². The molecule has 1 amide bonds. The van der Waals surface area contributed by atoms with Crippen molar-refractivity contribution in [1.82, 2.24) is 10.0 Å². The third-order valence-electron chi connectivity index (χ3n) is 6.44. The third-order valence-corrected chi connectivity index (χ3v) is 6.44. The van der Waals surface area contributed by atoms with Gasteiger partial charge in [-0.2, -0.15) is 5.01 Å². The smallest absolute Gasteiger partial charge is 0.243 e. The molecule has 0 aromatic heterocycles. The van der Waals surface area contributed by atoms with E-state index >= 15 is 0 Å². The summed E-state index contributed by atoms with van der Waals surface area (Å²) < 4.78 is 11.1. The van der Waals surface area contributed by atoms with Crippen molar-refractivity contribution in [3.63, 3.8) is 0 Å². The Morgan fingerprint density at radius 3 is 2.45 bits per heavy atom. The first-order chi connectivity index (χ1) is 13.9. The molecular formula is C24H26N2O3. The zero-order valence-corrected chi connectivity index (χ0v) is 17.3. The molecule has 3 aliphatic rings. The summed E-state index contributed by atoms with van der Waals surface area (Å²) in [5, 5.41) is 4.24. The SMILES string of the molecule is COc1cc2c(cc1OC)C1C(C2)/C(=C\c2ccccc2)N2C(=O)CC(C)(C)N12. The molecule has 2 unspecified atom stereocenters. The van der Waals surface area contributed by atoms with Gasteiger partial charge in [-0.05, 0) is 55.2 Å². The number of carbonyl (C=O) groups excluding carboxylic acids is 1. The number of hydrogen-bond acceptors (Lipinski definition) is 4. The molecule has 150 valence electrons. The van der Waals surface area contributed by atoms with Crippen LogP contribution in [-0.2, 0) is 11.2 Å². The van der Waals surface area contributed by atoms with E-state index in [0.29, 0.717) is 6.42 Å². The maximum Gasteiger partial charge on any atom is 0.243 e. The van der Waals surface area contributed by atoms with Gasteiger partial charge in [0, 0.05) is 23.6 Å². The molecule has 0 bridgehead atoms. The number of hydrazine groups is 1. The van der Waals surface area contributed by atoms with Gasteiger partial charge in [0.2, 0.25) is 5.91 Å². The van der Waals surface area contributed by atoms with Crippen molar-refractivity contribution in [3.8, 4) is 11.5 Å². The predicted octanol–water partition coefficient (Wildman–Crippen LogP) is 4.20. The first-order valence-corrected chi connectivity index (χ1v) is 10.1. The van der Waals surface area contributed by atoms with E-state index in [-0.39, 0.29) is 23.4 Å². The van der Waals surface area contributed by atoms with Gasteiger partial charge in [-0.15, -0.1) is 0 Å². The summed E-state index contributed by atoms with van der Waals surface area (Å²) in [7, 11) is 3.34. The zero-order valence-electron chi connectivity index (χ0n) is 17.3. The molecule has 0 saturated carbocycles. The summed E-state index contributed by atoms with van der Waals surface area (Å²) >= 11 is 0. The number of benzene rings is 2. The Hall–Kier alpha value is -2.79. The third kappa shape index (κ3) is 2.60. The van der Waals surface area contributed by atoms with Crippen molar-refractivity contribution in [1.29, 1.82) is 0 Å². The zero-order chi connectivity index (χ0) is 20.3. The summed E-state index contributed by atoms with van der Waals surface area (Å²) in [5.74, 6) is 1.90. The molecule has 2 aliphatic heterocycles. The van der Waals surface area contributed by atoms with E-state index in [4.69, 9.17) is 9.47 Å². The van der Waals surface area contributed by atoms with Gasteiger partial charge >= 0.3 is 0 Å². The number of rotatable bonds is 3. The highest BCUT2D eigenvalue weighted by molar-refractivity contribution is 5.83. The van der Waals surface area contributed by atoms with Gasteiger partial charge in [-0.3, -0.25) is 4.79 Å². The number of methoxy groups -OCH3 is 2. The van der Waals surface area contributed by atoms with Crippen molar-refractivity contribution in [3.05, 3.63) is 64.9 Å². The molecule has 2 fully saturated rings. The Bertz CT molecular complexity index is 1010. The lowest BCUT2D eigenvalue weighted by Crippen LogP contribution is -2.43. The largest absolute Gasteiger partial charge is 0.493 e. The molecule has 0 N–H and O–H groups in total. The summed E-state index contributed by atoms with van der Waals surface area (Å²) in [4.78, 5) is 13.0. The minimum atomic E-state index is -0.235. The van der Waals surface area contributed by atoms with E-state index in [0.717, 1.165) is 29.2 Å². The molecule has 2 atom stereocenters. The number of carbonyl (C=O) groups is 1. The van der Waals surface area contributed by atoms with E-state index in [2.05, 4.69) is 49.2 Å². The maximum atomic E-state index is 13.0. The Labute approximate surface area is 171 Å². The molecule has 2 aromatic carbocycles. The van der Waals surface area contributed by atoms with Crippen LogP contribution in [0.15, 0.2) is 48.2 Å². The molecule has 2 heterocycles. The predicted molar refractivity (Wildman–Crippen MR) is 111 cm³/mol. The van der Waals surface area contributed by atoms with E-state index in [1.165, 1.54) is 11.1 Å². The van der Waals surface area contributed by atoms with Crippen LogP contribution >= 0.6 is 0 Å². The molecule has 5 rings (SSSR count). The molecule has 0 radical (unpaired) electrons. The van der Waals surface area contributed by atoms with Gasteiger partial charge in [0.1, 0.15) is 0 Å². The lowest BCUT2D eigenvalue weighted by atomic mass is 9.92. The summed E-state index contributed by atoms with van der Waals surface area (Å²) in [5.41, 5.74) is 4.47. The lowest BCUT2D eigenvalue weighted by molar-refractivity contribution is -0.134. The fraction of sp³-hybridized carbons (Fsp3) is 0.375. The van der Waals surface area contributed by atoms with Gasteiger partial charge < -0.3 is 9.47 Å². The van der Waals surface area contributed by atoms with Crippen LogP contribution in [0.1, 0.15) is 43.0 Å². The van der Waals surface area contributed by atoms with Crippen LogP contribution in [0.3, 0.4) is 0 Å². The van der Waals surface area contributed by atoms with E-state index < -0.39 is 0 Å². The molecule has 2 aromatic rings. The normalized spacial score (nSPS) is 25.9. The molecule has 29 heavy (non-hydrogen) atoms. The second kappa shape index (κ2) is 6.36. The van der Waals surface area contributed by atoms with Crippen LogP contribution in [0.2, 0.25) is 0 Å². The van der Waals surface area contributed by atoms with E-state index in [9.17, 15) is 4.79 Å². The van der Waals surface area contributed by atoms with Crippen molar-refractivity contribution in [2.75, 3.05) is 14.2 Å². The van der Waals surface area contributed by atoms with Crippen LogP contribution in [0.5, 0.6) is 11.5 Å². The van der Waals surface area contributed by atoms with Crippen molar-refractivity contribution in [2.24, 2.45) is 5.92 Å². The average molecular weight is 390 g/mol. The molecule has 0 spiro atoms. The number of fused-ring (bicyclic) bond motifs is 5. The van der Waals surface area contributed by atoms with Crippen LogP contribution in [0.25, 0.3) is 6.08 Å². The quantitative estimate of drug-likeness (QED) is 0.788. The summed E-state index contributed by atoms with van der Waals surface area (Å²) in [6, 6.07) is 14.6. The molecule has 1 aliphatic carbocycles. The van der Waals surface area contributed by atoms with Gasteiger partial charge in [0.05, 0.1) is 20.3 Å². The average Bonchev–Trinajstić information content (AvgIpc) is 3.29. The molecule has 5 heteroatoms. The Balaban J connectivity index is 1.68. The highest BCUT2D eigenvalue weighted by atomic mass is 16.5. The number of hydrogen-bond donors (Lipinski definition) is 0. The molecule has 5 nitrogen and oxygen atoms in total. The van der Waals surface area contributed by atoms with Crippen LogP contribution in [-0.4, -0.2) is 35.7 Å². The van der Waals surface area contributed by atoms with Crippen molar-refractivity contribution in [2.45, 2.75) is 38.3 Å². The Morgan fingerprint density at radius 1 is 1.07 bits per heavy atom. The maximum absolute atomic E-state index is 13.0. The lowest BCUT2D eigenvalue weighted by Gasteiger charge is -2.35. The second-order valence-electron chi connectivity index (χ2n) is 8.68. The van der Waals surface area contributed by atoms with Crippen LogP contribution in [0.4, 0.5) is 0 Å². The topological polar surface area (TPSA) is 42.0 Å². The highest BCUT2D eigenvalue weighted by Gasteiger charge is 2.59. The Morgan fingerprint density at radius 2 is 1.76 bits per heavy atom. The monoisotopic (exact) mass is 390 g/mol. The first kappa shape index (κ1) is 18.3. The second-order valence-corrected chi connectivity index (χ2v) is 8.68. The highest BCUT2D eigenvalue weighted by Crippen LogP contribution is 2.58. The van der Waals surface area contributed by atoms with Crippen LogP contribution in [0, 0.1) is 5.92 Å². The van der Waals surface area contributed by atoms with E-state index in [1.54, 1.807) is 14.2 Å². The standard InChI is InChI=1S/C24H26N2O3/c1-24(2)14-22(27)25-19(10-15-8-6-5-7-9-15)18-11-16-12-20(28-3)21(29-4)13-17(16)23(18)26(24)25/h5-10,12-13,18,23H,11,14H2,1-4H3/b19-10+. The summed E-state index contributed by atoms with van der Waals surface area (Å²) in [6.45, 7) is 4.32.